The van der Waals surface area contributed by atoms with E-state index in [-0.39, 0.29) is 5.91 Å². The van der Waals surface area contributed by atoms with Gasteiger partial charge in [-0.05, 0) is 56.9 Å². The Morgan fingerprint density at radius 1 is 1.26 bits per heavy atom. The van der Waals surface area contributed by atoms with Gasteiger partial charge in [0.05, 0.1) is 0 Å². The zero-order chi connectivity index (χ0) is 16.8. The number of likely N-dealkylation sites (N-methyl/N-ethyl adjacent to an activating group) is 1. The Morgan fingerprint density at radius 2 is 2.04 bits per heavy atom. The Bertz CT molecular complexity index is 688. The van der Waals surface area contributed by atoms with Crippen LogP contribution in [0.2, 0.25) is 0 Å². The SMILES string of the molecule is Cc1cc(Br)ccc1NC(=O)c1cc(NCCN(C)C)ccn1. The normalized spacial score (nSPS) is 10.7. The van der Waals surface area contributed by atoms with Crippen molar-refractivity contribution in [2.24, 2.45) is 0 Å². The molecule has 2 aromatic rings. The van der Waals surface area contributed by atoms with Crippen LogP contribution in [-0.2, 0) is 0 Å². The monoisotopic (exact) mass is 376 g/mol. The summed E-state index contributed by atoms with van der Waals surface area (Å²) in [6, 6.07) is 9.35. The number of amides is 1. The topological polar surface area (TPSA) is 57.3 Å². The number of halogens is 1. The van der Waals surface area contributed by atoms with Gasteiger partial charge in [0.2, 0.25) is 0 Å². The number of hydrogen-bond donors (Lipinski definition) is 2. The van der Waals surface area contributed by atoms with Crippen LogP contribution in [0, 0.1) is 6.92 Å². The molecule has 1 aromatic heterocycles. The molecule has 1 heterocycles. The van der Waals surface area contributed by atoms with E-state index < -0.39 is 0 Å². The van der Waals surface area contributed by atoms with Crippen LogP contribution in [0.4, 0.5) is 11.4 Å². The molecule has 122 valence electrons. The number of carbonyl (C=O) groups excluding carboxylic acids is 1. The molecule has 0 radical (unpaired) electrons. The van der Waals surface area contributed by atoms with E-state index in [9.17, 15) is 4.79 Å². The van der Waals surface area contributed by atoms with Gasteiger partial charge in [-0.3, -0.25) is 9.78 Å². The number of nitrogens with one attached hydrogen (secondary N) is 2. The summed E-state index contributed by atoms with van der Waals surface area (Å²) in [4.78, 5) is 18.6. The van der Waals surface area contributed by atoms with Crippen molar-refractivity contribution in [1.29, 1.82) is 0 Å². The number of carbonyl (C=O) groups is 1. The summed E-state index contributed by atoms with van der Waals surface area (Å²) < 4.78 is 0.984. The minimum atomic E-state index is -0.216. The molecule has 1 aromatic carbocycles. The Hall–Kier alpha value is -1.92. The molecule has 23 heavy (non-hydrogen) atoms. The first kappa shape index (κ1) is 17.4. The van der Waals surface area contributed by atoms with E-state index in [4.69, 9.17) is 0 Å². The number of aromatic nitrogens is 1. The molecular formula is C17H21BrN4O. The van der Waals surface area contributed by atoms with Crippen molar-refractivity contribution in [2.45, 2.75) is 6.92 Å². The first-order valence-corrected chi connectivity index (χ1v) is 8.17. The van der Waals surface area contributed by atoms with Crippen LogP contribution in [0.5, 0.6) is 0 Å². The highest BCUT2D eigenvalue weighted by Crippen LogP contribution is 2.20. The van der Waals surface area contributed by atoms with Crippen molar-refractivity contribution in [2.75, 3.05) is 37.8 Å². The highest BCUT2D eigenvalue weighted by molar-refractivity contribution is 9.10. The van der Waals surface area contributed by atoms with Gasteiger partial charge in [-0.2, -0.15) is 0 Å². The molecule has 0 saturated carbocycles. The minimum absolute atomic E-state index is 0.216. The molecule has 0 aliphatic heterocycles. The zero-order valence-corrected chi connectivity index (χ0v) is 15.1. The molecule has 0 unspecified atom stereocenters. The Balaban J connectivity index is 2.04. The first-order chi connectivity index (χ1) is 11.0. The van der Waals surface area contributed by atoms with Crippen LogP contribution >= 0.6 is 15.9 Å². The van der Waals surface area contributed by atoms with Crippen LogP contribution < -0.4 is 10.6 Å². The fourth-order valence-corrected chi connectivity index (χ4v) is 2.52. The lowest BCUT2D eigenvalue weighted by atomic mass is 10.2. The number of rotatable bonds is 6. The quantitative estimate of drug-likeness (QED) is 0.811. The smallest absolute Gasteiger partial charge is 0.274 e. The largest absolute Gasteiger partial charge is 0.384 e. The number of hydrogen-bond acceptors (Lipinski definition) is 4. The van der Waals surface area contributed by atoms with Gasteiger partial charge in [-0.1, -0.05) is 15.9 Å². The van der Waals surface area contributed by atoms with Gasteiger partial charge in [0.1, 0.15) is 5.69 Å². The molecule has 0 aliphatic carbocycles. The van der Waals surface area contributed by atoms with Gasteiger partial charge >= 0.3 is 0 Å². The second-order valence-corrected chi connectivity index (χ2v) is 6.49. The number of anilines is 2. The second kappa shape index (κ2) is 8.08. The molecule has 6 heteroatoms. The first-order valence-electron chi connectivity index (χ1n) is 7.38. The van der Waals surface area contributed by atoms with Crippen molar-refractivity contribution >= 4 is 33.2 Å². The molecule has 0 spiro atoms. The molecule has 5 nitrogen and oxygen atoms in total. The Kier molecular flexibility index (Phi) is 6.12. The molecule has 0 aliphatic rings. The van der Waals surface area contributed by atoms with Crippen molar-refractivity contribution in [3.05, 3.63) is 52.3 Å². The molecule has 0 atom stereocenters. The number of benzene rings is 1. The van der Waals surface area contributed by atoms with Gasteiger partial charge < -0.3 is 15.5 Å². The van der Waals surface area contributed by atoms with Crippen molar-refractivity contribution in [1.82, 2.24) is 9.88 Å². The number of nitrogens with zero attached hydrogens (tertiary/aromatic N) is 2. The third kappa shape index (κ3) is 5.33. The number of aryl methyl sites for hydroxylation is 1. The van der Waals surface area contributed by atoms with E-state index >= 15 is 0 Å². The molecule has 0 fully saturated rings. The lowest BCUT2D eigenvalue weighted by Gasteiger charge is -2.12. The molecule has 1 amide bonds. The summed E-state index contributed by atoms with van der Waals surface area (Å²) >= 11 is 3.41. The second-order valence-electron chi connectivity index (χ2n) is 5.57. The van der Waals surface area contributed by atoms with E-state index in [1.165, 1.54) is 0 Å². The summed E-state index contributed by atoms with van der Waals surface area (Å²) in [5.41, 5.74) is 3.06. The van der Waals surface area contributed by atoms with Crippen molar-refractivity contribution in [3.8, 4) is 0 Å². The Labute approximate surface area is 145 Å². The molecule has 0 saturated heterocycles. The Morgan fingerprint density at radius 3 is 2.74 bits per heavy atom. The maximum absolute atomic E-state index is 12.4. The maximum atomic E-state index is 12.4. The van der Waals surface area contributed by atoms with Gasteiger partial charge in [-0.25, -0.2) is 0 Å². The van der Waals surface area contributed by atoms with Crippen LogP contribution in [0.25, 0.3) is 0 Å². The highest BCUT2D eigenvalue weighted by Gasteiger charge is 2.10. The minimum Gasteiger partial charge on any atom is -0.384 e. The van der Waals surface area contributed by atoms with E-state index in [0.29, 0.717) is 5.69 Å². The van der Waals surface area contributed by atoms with Crippen LogP contribution in [-0.4, -0.2) is 43.0 Å². The molecule has 2 N–H and O–H groups in total. The zero-order valence-electron chi connectivity index (χ0n) is 13.6. The molecule has 0 bridgehead atoms. The fourth-order valence-electron chi connectivity index (χ4n) is 2.04. The van der Waals surface area contributed by atoms with Gasteiger partial charge in [0.25, 0.3) is 5.91 Å². The van der Waals surface area contributed by atoms with Gasteiger partial charge in [0.15, 0.2) is 0 Å². The van der Waals surface area contributed by atoms with Crippen LogP contribution in [0.15, 0.2) is 41.0 Å². The average Bonchev–Trinajstić information content (AvgIpc) is 2.50. The lowest BCUT2D eigenvalue weighted by molar-refractivity contribution is 0.102. The van der Waals surface area contributed by atoms with E-state index in [2.05, 4.69) is 36.4 Å². The third-order valence-electron chi connectivity index (χ3n) is 3.32. The van der Waals surface area contributed by atoms with E-state index in [1.54, 1.807) is 12.3 Å². The van der Waals surface area contributed by atoms with E-state index in [1.807, 2.05) is 45.3 Å². The average molecular weight is 377 g/mol. The fraction of sp³-hybridized carbons (Fsp3) is 0.294. The summed E-state index contributed by atoms with van der Waals surface area (Å²) in [5.74, 6) is -0.216. The van der Waals surface area contributed by atoms with E-state index in [0.717, 1.165) is 34.5 Å². The van der Waals surface area contributed by atoms with Crippen molar-refractivity contribution in [3.63, 3.8) is 0 Å². The maximum Gasteiger partial charge on any atom is 0.274 e. The third-order valence-corrected chi connectivity index (χ3v) is 3.81. The summed E-state index contributed by atoms with van der Waals surface area (Å²) in [6.45, 7) is 3.68. The standard InChI is InChI=1S/C17H21BrN4O/c1-12-10-13(18)4-5-15(12)21-17(23)16-11-14(6-7-20-16)19-8-9-22(2)3/h4-7,10-11H,8-9H2,1-3H3,(H,19,20)(H,21,23). The van der Waals surface area contributed by atoms with Crippen LogP contribution in [0.1, 0.15) is 16.1 Å². The van der Waals surface area contributed by atoms with Gasteiger partial charge in [-0.15, -0.1) is 0 Å². The molecular weight excluding hydrogens is 356 g/mol. The van der Waals surface area contributed by atoms with Crippen LogP contribution in [0.3, 0.4) is 0 Å². The predicted octanol–water partition coefficient (Wildman–Crippen LogP) is 3.38. The summed E-state index contributed by atoms with van der Waals surface area (Å²) in [6.07, 6.45) is 1.64. The summed E-state index contributed by atoms with van der Waals surface area (Å²) in [7, 11) is 4.04. The number of pyridine rings is 1. The molecule has 2 rings (SSSR count). The summed E-state index contributed by atoms with van der Waals surface area (Å²) in [5, 5.41) is 6.18. The van der Waals surface area contributed by atoms with Gasteiger partial charge in [0, 0.05) is 35.1 Å². The highest BCUT2D eigenvalue weighted by atomic mass is 79.9. The van der Waals surface area contributed by atoms with Crippen molar-refractivity contribution < 1.29 is 4.79 Å². The lowest BCUT2D eigenvalue weighted by Crippen LogP contribution is -2.21. The predicted molar refractivity (Wildman–Crippen MR) is 98.1 cm³/mol.